The molecule has 0 spiro atoms. The third kappa shape index (κ3) is 3.32. The molecule has 0 aliphatic rings. The van der Waals surface area contributed by atoms with Gasteiger partial charge in [-0.1, -0.05) is 0 Å². The lowest BCUT2D eigenvalue weighted by Gasteiger charge is -2.39. The van der Waals surface area contributed by atoms with Crippen molar-refractivity contribution < 1.29 is 9.90 Å². The van der Waals surface area contributed by atoms with Gasteiger partial charge in [0, 0.05) is 24.5 Å². The van der Waals surface area contributed by atoms with Crippen molar-refractivity contribution in [2.45, 2.75) is 46.2 Å². The summed E-state index contributed by atoms with van der Waals surface area (Å²) in [6.45, 7) is 9.02. The zero-order chi connectivity index (χ0) is 13.8. The number of carboxylic acids is 1. The molecule has 0 amide bonds. The average Bonchev–Trinajstić information content (AvgIpc) is 2.76. The van der Waals surface area contributed by atoms with Crippen LogP contribution in [0.25, 0.3) is 0 Å². The maximum absolute atomic E-state index is 11.2. The van der Waals surface area contributed by atoms with Crippen LogP contribution in [0.5, 0.6) is 0 Å². The van der Waals surface area contributed by atoms with Crippen LogP contribution in [0.15, 0.2) is 18.7 Å². The van der Waals surface area contributed by atoms with Gasteiger partial charge >= 0.3 is 5.97 Å². The summed E-state index contributed by atoms with van der Waals surface area (Å²) in [6, 6.07) is 0. The maximum Gasteiger partial charge on any atom is 0.310 e. The number of aliphatic carboxylic acids is 1. The van der Waals surface area contributed by atoms with Crippen LogP contribution in [-0.4, -0.2) is 32.7 Å². The summed E-state index contributed by atoms with van der Waals surface area (Å²) < 4.78 is 2.01. The van der Waals surface area contributed by atoms with Gasteiger partial charge in [-0.3, -0.25) is 4.79 Å². The lowest BCUT2D eigenvalue weighted by atomic mass is 9.74. The predicted molar refractivity (Wildman–Crippen MR) is 70.3 cm³/mol. The molecule has 0 unspecified atom stereocenters. The van der Waals surface area contributed by atoms with Crippen molar-refractivity contribution in [3.05, 3.63) is 18.7 Å². The van der Waals surface area contributed by atoms with Gasteiger partial charge in [0.25, 0.3) is 0 Å². The molecule has 0 aliphatic carbocycles. The van der Waals surface area contributed by atoms with Crippen LogP contribution in [0, 0.1) is 5.41 Å². The summed E-state index contributed by atoms with van der Waals surface area (Å²) in [7, 11) is 0. The van der Waals surface area contributed by atoms with Gasteiger partial charge in [0.05, 0.1) is 11.7 Å². The minimum absolute atomic E-state index is 0.451. The van der Waals surface area contributed by atoms with Crippen molar-refractivity contribution in [2.24, 2.45) is 5.41 Å². The lowest BCUT2D eigenvalue weighted by molar-refractivity contribution is -0.151. The van der Waals surface area contributed by atoms with Crippen LogP contribution in [-0.2, 0) is 11.3 Å². The minimum Gasteiger partial charge on any atom is -0.481 e. The average molecular weight is 253 g/mol. The van der Waals surface area contributed by atoms with Crippen molar-refractivity contribution in [1.82, 2.24) is 14.9 Å². The number of rotatable bonds is 7. The zero-order valence-corrected chi connectivity index (χ0v) is 11.6. The molecule has 0 fully saturated rings. The predicted octanol–water partition coefficient (Wildman–Crippen LogP) is 1.75. The molecule has 5 heteroatoms. The van der Waals surface area contributed by atoms with Gasteiger partial charge in [-0.25, -0.2) is 4.98 Å². The summed E-state index contributed by atoms with van der Waals surface area (Å²) >= 11 is 0. The zero-order valence-electron chi connectivity index (χ0n) is 11.6. The Morgan fingerprint density at radius 1 is 1.39 bits per heavy atom. The first kappa shape index (κ1) is 14.7. The molecule has 2 N–H and O–H groups in total. The lowest BCUT2D eigenvalue weighted by Crippen LogP contribution is -2.55. The molecule has 1 heterocycles. The molecule has 102 valence electrons. The fourth-order valence-electron chi connectivity index (χ4n) is 1.57. The van der Waals surface area contributed by atoms with Gasteiger partial charge in [-0.15, -0.1) is 0 Å². The van der Waals surface area contributed by atoms with Gasteiger partial charge in [-0.05, 0) is 40.7 Å². The molecule has 0 radical (unpaired) electrons. The molecule has 18 heavy (non-hydrogen) atoms. The second-order valence-electron chi connectivity index (χ2n) is 5.64. The molecule has 0 saturated heterocycles. The first-order chi connectivity index (χ1) is 8.27. The molecule has 1 rings (SSSR count). The number of carbonyl (C=O) groups is 1. The quantitative estimate of drug-likeness (QED) is 0.727. The van der Waals surface area contributed by atoms with Gasteiger partial charge in [0.2, 0.25) is 0 Å². The van der Waals surface area contributed by atoms with Crippen molar-refractivity contribution >= 4 is 5.97 Å². The van der Waals surface area contributed by atoms with Crippen LogP contribution >= 0.6 is 0 Å². The Morgan fingerprint density at radius 2 is 2.06 bits per heavy atom. The number of nitrogens with one attached hydrogen (secondary N) is 1. The van der Waals surface area contributed by atoms with Crippen LogP contribution in [0.1, 0.15) is 34.1 Å². The molecule has 1 aromatic heterocycles. The van der Waals surface area contributed by atoms with E-state index in [4.69, 9.17) is 0 Å². The van der Waals surface area contributed by atoms with E-state index in [1.54, 1.807) is 26.4 Å². The van der Waals surface area contributed by atoms with E-state index in [9.17, 15) is 9.90 Å². The van der Waals surface area contributed by atoms with Crippen molar-refractivity contribution in [2.75, 3.05) is 6.54 Å². The van der Waals surface area contributed by atoms with E-state index in [1.165, 1.54) is 0 Å². The molecule has 5 nitrogen and oxygen atoms in total. The van der Waals surface area contributed by atoms with Crippen LogP contribution in [0.3, 0.4) is 0 Å². The van der Waals surface area contributed by atoms with E-state index in [1.807, 2.05) is 24.6 Å². The number of imidazole rings is 1. The normalized spacial score (nSPS) is 12.7. The van der Waals surface area contributed by atoms with Gasteiger partial charge in [-0.2, -0.15) is 0 Å². The summed E-state index contributed by atoms with van der Waals surface area (Å²) in [5, 5.41) is 12.6. The number of aryl methyl sites for hydroxylation is 1. The molecule has 1 aromatic rings. The first-order valence-corrected chi connectivity index (χ1v) is 6.21. The number of aromatic nitrogens is 2. The SMILES string of the molecule is CC(C)(NCCCn1ccnc1)C(C)(C)C(=O)O. The second-order valence-corrected chi connectivity index (χ2v) is 5.64. The number of nitrogens with zero attached hydrogens (tertiary/aromatic N) is 2. The van der Waals surface area contributed by atoms with Gasteiger partial charge < -0.3 is 15.0 Å². The topological polar surface area (TPSA) is 67.2 Å². The molecule has 0 bridgehead atoms. The van der Waals surface area contributed by atoms with Gasteiger partial charge in [0.15, 0.2) is 0 Å². The Morgan fingerprint density at radius 3 is 2.56 bits per heavy atom. The highest BCUT2D eigenvalue weighted by Gasteiger charge is 2.42. The van der Waals surface area contributed by atoms with E-state index in [2.05, 4.69) is 10.3 Å². The molecule has 0 aliphatic heterocycles. The Bertz CT molecular complexity index is 383. The van der Waals surface area contributed by atoms with Crippen molar-refractivity contribution in [3.8, 4) is 0 Å². The number of hydrogen-bond acceptors (Lipinski definition) is 3. The number of carboxylic acid groups (broad SMARTS) is 1. The highest BCUT2D eigenvalue weighted by molar-refractivity contribution is 5.75. The Balaban J connectivity index is 2.40. The molecular weight excluding hydrogens is 230 g/mol. The van der Waals surface area contributed by atoms with E-state index >= 15 is 0 Å². The summed E-state index contributed by atoms with van der Waals surface area (Å²) in [5.74, 6) is -0.783. The smallest absolute Gasteiger partial charge is 0.310 e. The highest BCUT2D eigenvalue weighted by atomic mass is 16.4. The van der Waals surface area contributed by atoms with Crippen LogP contribution < -0.4 is 5.32 Å². The third-order valence-corrected chi connectivity index (χ3v) is 3.82. The van der Waals surface area contributed by atoms with Crippen LogP contribution in [0.4, 0.5) is 0 Å². The Kier molecular flexibility index (Phi) is 4.51. The van der Waals surface area contributed by atoms with Crippen molar-refractivity contribution in [3.63, 3.8) is 0 Å². The van der Waals surface area contributed by atoms with E-state index in [0.29, 0.717) is 0 Å². The summed E-state index contributed by atoms with van der Waals surface area (Å²) in [6.07, 6.45) is 6.40. The monoisotopic (exact) mass is 253 g/mol. The second kappa shape index (κ2) is 5.52. The summed E-state index contributed by atoms with van der Waals surface area (Å²) in [4.78, 5) is 15.2. The van der Waals surface area contributed by atoms with E-state index in [0.717, 1.165) is 19.5 Å². The van der Waals surface area contributed by atoms with Crippen molar-refractivity contribution in [1.29, 1.82) is 0 Å². The molecule has 0 saturated carbocycles. The maximum atomic E-state index is 11.2. The number of hydrogen-bond donors (Lipinski definition) is 2. The summed E-state index contributed by atoms with van der Waals surface area (Å²) in [5.41, 5.74) is -1.25. The minimum atomic E-state index is -0.804. The highest BCUT2D eigenvalue weighted by Crippen LogP contribution is 2.30. The van der Waals surface area contributed by atoms with Crippen LogP contribution in [0.2, 0.25) is 0 Å². The Hall–Kier alpha value is -1.36. The molecular formula is C13H23N3O2. The fraction of sp³-hybridized carbons (Fsp3) is 0.692. The standard InChI is InChI=1S/C13H23N3O2/c1-12(2,11(17)18)13(3,4)15-6-5-8-16-9-7-14-10-16/h7,9-10,15H,5-6,8H2,1-4H3,(H,17,18). The van der Waals surface area contributed by atoms with Gasteiger partial charge in [0.1, 0.15) is 0 Å². The fourth-order valence-corrected chi connectivity index (χ4v) is 1.57. The largest absolute Gasteiger partial charge is 0.481 e. The molecule has 0 aromatic carbocycles. The Labute approximate surface area is 108 Å². The third-order valence-electron chi connectivity index (χ3n) is 3.82. The van der Waals surface area contributed by atoms with E-state index in [-0.39, 0.29) is 0 Å². The van der Waals surface area contributed by atoms with E-state index < -0.39 is 16.9 Å². The first-order valence-electron chi connectivity index (χ1n) is 6.21. The molecule has 0 atom stereocenters.